The lowest BCUT2D eigenvalue weighted by molar-refractivity contribution is -0.122. The number of nitriles is 1. The van der Waals surface area contributed by atoms with Crippen LogP contribution >= 0.6 is 0 Å². The molecular formula is C18H22N4O4. The molecule has 26 heavy (non-hydrogen) atoms. The third-order valence-electron chi connectivity index (χ3n) is 3.29. The summed E-state index contributed by atoms with van der Waals surface area (Å²) in [6, 6.07) is 7.82. The molecule has 1 aromatic carbocycles. The number of esters is 1. The second-order valence-corrected chi connectivity index (χ2v) is 5.97. The largest absolute Gasteiger partial charge is 0.454 e. The smallest absolute Gasteiger partial charge is 0.338 e. The lowest BCUT2D eigenvalue weighted by Gasteiger charge is -2.10. The Morgan fingerprint density at radius 2 is 1.85 bits per heavy atom. The molecule has 0 radical (unpaired) electrons. The molecule has 0 saturated heterocycles. The van der Waals surface area contributed by atoms with Crippen LogP contribution in [0.1, 0.15) is 36.7 Å². The SMILES string of the molecule is CC(=N)[C@H](C#N)C(=O)COC(=O)c1ccc(CNC(=O)NC(C)C)cc1. The normalized spacial score (nSPS) is 11.2. The van der Waals surface area contributed by atoms with Crippen molar-refractivity contribution in [1.82, 2.24) is 10.6 Å². The minimum absolute atomic E-state index is 0.0342. The number of nitrogens with one attached hydrogen (secondary N) is 3. The number of rotatable bonds is 8. The molecule has 0 spiro atoms. The molecule has 0 bridgehead atoms. The van der Waals surface area contributed by atoms with Gasteiger partial charge in [0.05, 0.1) is 11.6 Å². The van der Waals surface area contributed by atoms with Gasteiger partial charge in [-0.3, -0.25) is 4.79 Å². The van der Waals surface area contributed by atoms with E-state index in [9.17, 15) is 14.4 Å². The predicted octanol–water partition coefficient (Wildman–Crippen LogP) is 1.80. The first kappa shape index (κ1) is 20.8. The Hall–Kier alpha value is -3.21. The molecule has 0 heterocycles. The Bertz CT molecular complexity index is 720. The summed E-state index contributed by atoms with van der Waals surface area (Å²) in [5.41, 5.74) is 0.945. The first-order valence-electron chi connectivity index (χ1n) is 8.02. The van der Waals surface area contributed by atoms with E-state index in [1.54, 1.807) is 18.2 Å². The number of urea groups is 1. The summed E-state index contributed by atoms with van der Waals surface area (Å²) < 4.78 is 4.89. The van der Waals surface area contributed by atoms with Crippen LogP contribution < -0.4 is 10.6 Å². The Labute approximate surface area is 152 Å². The van der Waals surface area contributed by atoms with Gasteiger partial charge in [-0.2, -0.15) is 5.26 Å². The van der Waals surface area contributed by atoms with E-state index in [2.05, 4.69) is 10.6 Å². The summed E-state index contributed by atoms with van der Waals surface area (Å²) in [5.74, 6) is -2.53. The van der Waals surface area contributed by atoms with Crippen molar-refractivity contribution in [3.05, 3.63) is 35.4 Å². The maximum absolute atomic E-state index is 11.9. The molecule has 0 saturated carbocycles. The average molecular weight is 358 g/mol. The van der Waals surface area contributed by atoms with Crippen LogP contribution in [0.2, 0.25) is 0 Å². The van der Waals surface area contributed by atoms with E-state index in [0.717, 1.165) is 5.56 Å². The standard InChI is InChI=1S/C18H22N4O4/c1-11(2)22-18(25)21-9-13-4-6-14(7-5-13)17(24)26-10-16(23)15(8-19)12(3)20/h4-7,11,15,20H,9-10H2,1-3H3,(H2,21,22,25)/t15-/m0/s1. The highest BCUT2D eigenvalue weighted by molar-refractivity contribution is 6.06. The molecule has 3 N–H and O–H groups in total. The van der Waals surface area contributed by atoms with Crippen molar-refractivity contribution in [1.29, 1.82) is 10.7 Å². The van der Waals surface area contributed by atoms with Gasteiger partial charge >= 0.3 is 12.0 Å². The topological polar surface area (TPSA) is 132 Å². The van der Waals surface area contributed by atoms with Crippen LogP contribution in [-0.4, -0.2) is 36.1 Å². The second-order valence-electron chi connectivity index (χ2n) is 5.97. The molecule has 138 valence electrons. The van der Waals surface area contributed by atoms with E-state index >= 15 is 0 Å². The van der Waals surface area contributed by atoms with Crippen LogP contribution in [0.3, 0.4) is 0 Å². The first-order chi connectivity index (χ1) is 12.2. The first-order valence-corrected chi connectivity index (χ1v) is 8.02. The maximum Gasteiger partial charge on any atom is 0.338 e. The van der Waals surface area contributed by atoms with Crippen LogP contribution in [0.4, 0.5) is 4.79 Å². The van der Waals surface area contributed by atoms with Crippen molar-refractivity contribution >= 4 is 23.5 Å². The molecule has 8 heteroatoms. The Kier molecular flexibility index (Phi) is 7.96. The third-order valence-corrected chi connectivity index (χ3v) is 3.29. The van der Waals surface area contributed by atoms with Crippen LogP contribution in [0, 0.1) is 22.7 Å². The minimum Gasteiger partial charge on any atom is -0.454 e. The molecule has 1 atom stereocenters. The lowest BCUT2D eigenvalue weighted by Crippen LogP contribution is -2.39. The number of nitrogens with zero attached hydrogens (tertiary/aromatic N) is 1. The van der Waals surface area contributed by atoms with Gasteiger partial charge in [0.1, 0.15) is 5.92 Å². The molecule has 1 rings (SSSR count). The summed E-state index contributed by atoms with van der Waals surface area (Å²) in [7, 11) is 0. The number of benzene rings is 1. The zero-order chi connectivity index (χ0) is 19.7. The lowest BCUT2D eigenvalue weighted by atomic mass is 10.0. The molecular weight excluding hydrogens is 336 g/mol. The van der Waals surface area contributed by atoms with Gasteiger partial charge in [0.15, 0.2) is 12.4 Å². The van der Waals surface area contributed by atoms with Crippen molar-refractivity contribution in [2.24, 2.45) is 5.92 Å². The molecule has 1 aromatic rings. The highest BCUT2D eigenvalue weighted by Gasteiger charge is 2.21. The number of ether oxygens (including phenoxy) is 1. The summed E-state index contributed by atoms with van der Waals surface area (Å²) in [4.78, 5) is 35.2. The molecule has 0 aromatic heterocycles. The molecule has 8 nitrogen and oxygen atoms in total. The highest BCUT2D eigenvalue weighted by atomic mass is 16.5. The average Bonchev–Trinajstić information content (AvgIpc) is 2.58. The number of Topliss-reactive ketones (excluding diaryl/α,β-unsaturated/α-hetero) is 1. The van der Waals surface area contributed by atoms with E-state index in [0.29, 0.717) is 6.54 Å². The number of carbonyl (C=O) groups excluding carboxylic acids is 3. The number of ketones is 1. The van der Waals surface area contributed by atoms with Crippen LogP contribution in [-0.2, 0) is 16.1 Å². The maximum atomic E-state index is 11.9. The number of hydrogen-bond donors (Lipinski definition) is 3. The van der Waals surface area contributed by atoms with Crippen molar-refractivity contribution in [2.45, 2.75) is 33.4 Å². The van der Waals surface area contributed by atoms with Gasteiger partial charge in [-0.1, -0.05) is 12.1 Å². The summed E-state index contributed by atoms with van der Waals surface area (Å²) in [6.07, 6.45) is 0. The molecule has 2 amide bonds. The summed E-state index contributed by atoms with van der Waals surface area (Å²) >= 11 is 0. The zero-order valence-electron chi connectivity index (χ0n) is 15.0. The van der Waals surface area contributed by atoms with E-state index in [-0.39, 0.29) is 23.3 Å². The fourth-order valence-electron chi connectivity index (χ4n) is 1.97. The molecule has 0 aliphatic rings. The molecule has 0 unspecified atom stereocenters. The van der Waals surface area contributed by atoms with E-state index in [4.69, 9.17) is 15.4 Å². The van der Waals surface area contributed by atoms with Gasteiger partial charge < -0.3 is 20.8 Å². The van der Waals surface area contributed by atoms with Gasteiger partial charge in [0, 0.05) is 18.3 Å². The zero-order valence-corrected chi connectivity index (χ0v) is 15.0. The van der Waals surface area contributed by atoms with Gasteiger partial charge in [0.2, 0.25) is 0 Å². The van der Waals surface area contributed by atoms with E-state index < -0.39 is 24.3 Å². The van der Waals surface area contributed by atoms with Crippen LogP contribution in [0.15, 0.2) is 24.3 Å². The van der Waals surface area contributed by atoms with E-state index in [1.165, 1.54) is 19.1 Å². The van der Waals surface area contributed by atoms with Crippen molar-refractivity contribution in [2.75, 3.05) is 6.61 Å². The molecule has 0 fully saturated rings. The number of hydrogen-bond acceptors (Lipinski definition) is 6. The van der Waals surface area contributed by atoms with Gasteiger partial charge in [-0.25, -0.2) is 9.59 Å². The Morgan fingerprint density at radius 1 is 1.23 bits per heavy atom. The van der Waals surface area contributed by atoms with Gasteiger partial charge in [-0.05, 0) is 38.5 Å². The highest BCUT2D eigenvalue weighted by Crippen LogP contribution is 2.07. The molecule has 0 aliphatic carbocycles. The fraction of sp³-hybridized carbons (Fsp3) is 0.389. The predicted molar refractivity (Wildman–Crippen MR) is 94.7 cm³/mol. The Balaban J connectivity index is 2.54. The van der Waals surface area contributed by atoms with Crippen molar-refractivity contribution in [3.63, 3.8) is 0 Å². The fourth-order valence-corrected chi connectivity index (χ4v) is 1.97. The minimum atomic E-state index is -1.20. The summed E-state index contributed by atoms with van der Waals surface area (Å²) in [6.45, 7) is 4.79. The monoisotopic (exact) mass is 358 g/mol. The van der Waals surface area contributed by atoms with Crippen LogP contribution in [0.25, 0.3) is 0 Å². The Morgan fingerprint density at radius 3 is 2.35 bits per heavy atom. The molecule has 0 aliphatic heterocycles. The van der Waals surface area contributed by atoms with Crippen molar-refractivity contribution in [3.8, 4) is 6.07 Å². The van der Waals surface area contributed by atoms with Gasteiger partial charge in [-0.15, -0.1) is 0 Å². The third kappa shape index (κ3) is 6.73. The quantitative estimate of drug-likeness (QED) is 0.481. The number of carbonyl (C=O) groups is 3. The van der Waals surface area contributed by atoms with Crippen LogP contribution in [0.5, 0.6) is 0 Å². The van der Waals surface area contributed by atoms with E-state index in [1.807, 2.05) is 13.8 Å². The summed E-state index contributed by atoms with van der Waals surface area (Å²) in [5, 5.41) is 21.6. The van der Waals surface area contributed by atoms with Crippen molar-refractivity contribution < 1.29 is 19.1 Å². The number of amides is 2. The second kappa shape index (κ2) is 9.93. The van der Waals surface area contributed by atoms with Gasteiger partial charge in [0.25, 0.3) is 0 Å².